The third-order valence-corrected chi connectivity index (χ3v) is 4.60. The predicted octanol–water partition coefficient (Wildman–Crippen LogP) is 2.41. The molecule has 0 aliphatic rings. The van der Waals surface area contributed by atoms with Crippen LogP contribution in [0.1, 0.15) is 18.4 Å². The van der Waals surface area contributed by atoms with Crippen molar-refractivity contribution < 1.29 is 24.2 Å². The van der Waals surface area contributed by atoms with Gasteiger partial charge in [-0.1, -0.05) is 54.3 Å². The summed E-state index contributed by atoms with van der Waals surface area (Å²) in [5.41, 5.74) is -3.32. The maximum atomic E-state index is 12.3. The molecule has 2 aromatic rings. The molecule has 0 aliphatic carbocycles. The maximum absolute atomic E-state index is 12.3. The lowest BCUT2D eigenvalue weighted by Gasteiger charge is -2.24. The summed E-state index contributed by atoms with van der Waals surface area (Å²) in [4.78, 5) is 24.6. The largest absolute Gasteiger partial charge is 0.468 e. The van der Waals surface area contributed by atoms with E-state index in [-0.39, 0.29) is 12.8 Å². The van der Waals surface area contributed by atoms with Gasteiger partial charge in [0.05, 0.1) is 14.2 Å². The molecule has 5 nitrogen and oxygen atoms in total. The number of benzene rings is 2. The van der Waals surface area contributed by atoms with Gasteiger partial charge in [-0.3, -0.25) is 9.59 Å². The van der Waals surface area contributed by atoms with Crippen LogP contribution in [0.25, 0.3) is 10.8 Å². The highest BCUT2D eigenvalue weighted by Crippen LogP contribution is 2.31. The van der Waals surface area contributed by atoms with Crippen LogP contribution >= 0.6 is 0 Å². The molecule has 29 heavy (non-hydrogen) atoms. The zero-order valence-electron chi connectivity index (χ0n) is 16.2. The second-order valence-corrected chi connectivity index (χ2v) is 6.31. The van der Waals surface area contributed by atoms with E-state index in [1.54, 1.807) is 12.1 Å². The number of methoxy groups -OCH3 is 2. The molecule has 146 valence electrons. The molecule has 2 rings (SSSR count). The zero-order chi connectivity index (χ0) is 21.5. The van der Waals surface area contributed by atoms with Crippen LogP contribution in [0, 0.1) is 41.9 Å². The van der Waals surface area contributed by atoms with Crippen molar-refractivity contribution in [3.63, 3.8) is 0 Å². The van der Waals surface area contributed by atoms with E-state index in [1.807, 2.05) is 30.3 Å². The molecule has 0 aliphatic heterocycles. The zero-order valence-corrected chi connectivity index (χ0v) is 16.2. The SMILES string of the molecule is C#CCC(CC#CC(O)(C#C)c1cccc2ccccc12)(C(=O)OC)C(=O)OC. The van der Waals surface area contributed by atoms with E-state index < -0.39 is 23.0 Å². The highest BCUT2D eigenvalue weighted by molar-refractivity contribution is 6.00. The van der Waals surface area contributed by atoms with Crippen molar-refractivity contribution in [1.29, 1.82) is 0 Å². The molecule has 1 N–H and O–H groups in total. The summed E-state index contributed by atoms with van der Waals surface area (Å²) in [6, 6.07) is 12.7. The molecule has 1 atom stereocenters. The topological polar surface area (TPSA) is 72.8 Å². The van der Waals surface area contributed by atoms with Crippen LogP contribution in [0.2, 0.25) is 0 Å². The number of rotatable bonds is 5. The fourth-order valence-corrected chi connectivity index (χ4v) is 3.04. The second kappa shape index (κ2) is 8.98. The average molecular weight is 388 g/mol. The van der Waals surface area contributed by atoms with Gasteiger partial charge in [0.2, 0.25) is 5.60 Å². The summed E-state index contributed by atoms with van der Waals surface area (Å²) in [7, 11) is 2.27. The summed E-state index contributed by atoms with van der Waals surface area (Å²) >= 11 is 0. The molecule has 0 bridgehead atoms. The van der Waals surface area contributed by atoms with Crippen molar-refractivity contribution in [3.8, 4) is 36.5 Å². The normalized spacial score (nSPS) is 12.4. The molecule has 0 heterocycles. The van der Waals surface area contributed by atoms with Gasteiger partial charge in [-0.25, -0.2) is 0 Å². The maximum Gasteiger partial charge on any atom is 0.325 e. The van der Waals surface area contributed by atoms with Gasteiger partial charge in [0.25, 0.3) is 0 Å². The third-order valence-electron chi connectivity index (χ3n) is 4.60. The number of fused-ring (bicyclic) bond motifs is 1. The smallest absolute Gasteiger partial charge is 0.325 e. The van der Waals surface area contributed by atoms with E-state index in [2.05, 4.69) is 23.7 Å². The summed E-state index contributed by atoms with van der Waals surface area (Å²) < 4.78 is 9.47. The Kier molecular flexibility index (Phi) is 6.68. The van der Waals surface area contributed by atoms with Gasteiger partial charge in [-0.15, -0.1) is 18.8 Å². The number of hydrogen-bond acceptors (Lipinski definition) is 5. The number of hydrogen-bond donors (Lipinski definition) is 1. The van der Waals surface area contributed by atoms with Crippen molar-refractivity contribution in [2.75, 3.05) is 14.2 Å². The number of carbonyl (C=O) groups is 2. The molecule has 0 spiro atoms. The van der Waals surface area contributed by atoms with E-state index in [0.29, 0.717) is 5.56 Å². The lowest BCUT2D eigenvalue weighted by Crippen LogP contribution is -2.41. The number of carbonyl (C=O) groups excluding carboxylic acids is 2. The van der Waals surface area contributed by atoms with Crippen LogP contribution in [0.5, 0.6) is 0 Å². The molecule has 0 saturated heterocycles. The summed E-state index contributed by atoms with van der Waals surface area (Å²) in [5, 5.41) is 12.6. The summed E-state index contributed by atoms with van der Waals surface area (Å²) in [6.07, 6.45) is 10.3. The minimum Gasteiger partial charge on any atom is -0.468 e. The van der Waals surface area contributed by atoms with Gasteiger partial charge in [0, 0.05) is 18.4 Å². The van der Waals surface area contributed by atoms with E-state index in [1.165, 1.54) is 0 Å². The monoisotopic (exact) mass is 388 g/mol. The van der Waals surface area contributed by atoms with E-state index >= 15 is 0 Å². The first kappa shape index (κ1) is 21.6. The first-order valence-electron chi connectivity index (χ1n) is 8.67. The van der Waals surface area contributed by atoms with Crippen LogP contribution in [0.15, 0.2) is 42.5 Å². The number of terminal acetylenes is 2. The van der Waals surface area contributed by atoms with Crippen LogP contribution < -0.4 is 0 Å². The molecule has 0 amide bonds. The first-order valence-corrected chi connectivity index (χ1v) is 8.67. The molecule has 2 aromatic carbocycles. The van der Waals surface area contributed by atoms with Crippen LogP contribution in [0.3, 0.4) is 0 Å². The molecular formula is C24H20O5. The van der Waals surface area contributed by atoms with Crippen molar-refractivity contribution in [2.45, 2.75) is 18.4 Å². The predicted molar refractivity (Wildman–Crippen MR) is 109 cm³/mol. The quantitative estimate of drug-likeness (QED) is 0.484. The lowest BCUT2D eigenvalue weighted by molar-refractivity contribution is -0.168. The third kappa shape index (κ3) is 4.09. The van der Waals surface area contributed by atoms with E-state index in [4.69, 9.17) is 22.3 Å². The van der Waals surface area contributed by atoms with E-state index in [0.717, 1.165) is 25.0 Å². The Hall–Kier alpha value is -3.72. The van der Waals surface area contributed by atoms with Crippen molar-refractivity contribution in [2.24, 2.45) is 5.41 Å². The molecule has 5 heteroatoms. The Bertz CT molecular complexity index is 1050. The minimum absolute atomic E-state index is 0.274. The van der Waals surface area contributed by atoms with Crippen LogP contribution in [-0.2, 0) is 24.7 Å². The van der Waals surface area contributed by atoms with Gasteiger partial charge in [-0.05, 0) is 16.7 Å². The fourth-order valence-electron chi connectivity index (χ4n) is 3.04. The van der Waals surface area contributed by atoms with Crippen LogP contribution in [-0.4, -0.2) is 31.3 Å². The molecule has 0 radical (unpaired) electrons. The van der Waals surface area contributed by atoms with Gasteiger partial charge < -0.3 is 14.6 Å². The second-order valence-electron chi connectivity index (χ2n) is 6.31. The lowest BCUT2D eigenvalue weighted by atomic mass is 9.81. The van der Waals surface area contributed by atoms with Crippen molar-refractivity contribution in [3.05, 3.63) is 48.0 Å². The van der Waals surface area contributed by atoms with Gasteiger partial charge >= 0.3 is 11.9 Å². The Labute approximate surface area is 170 Å². The number of ether oxygens (including phenoxy) is 2. The average Bonchev–Trinajstić information content (AvgIpc) is 2.76. The highest BCUT2D eigenvalue weighted by atomic mass is 16.5. The van der Waals surface area contributed by atoms with Crippen molar-refractivity contribution >= 4 is 22.7 Å². The fraction of sp³-hybridized carbons (Fsp3) is 0.250. The number of aliphatic hydroxyl groups is 1. The Balaban J connectivity index is 2.53. The minimum atomic E-state index is -1.94. The summed E-state index contributed by atoms with van der Waals surface area (Å²) in [6.45, 7) is 0. The van der Waals surface area contributed by atoms with Gasteiger partial charge in [-0.2, -0.15) is 0 Å². The Morgan fingerprint density at radius 3 is 2.21 bits per heavy atom. The molecule has 1 unspecified atom stereocenters. The highest BCUT2D eigenvalue weighted by Gasteiger charge is 2.47. The Morgan fingerprint density at radius 1 is 1.00 bits per heavy atom. The standard InChI is InChI=1S/C24H20O5/c1-5-15-23(21(25)28-3,22(26)29-4)16-10-17-24(27,6-2)20-14-9-12-18-11-7-8-13-19(18)20/h1-2,7-9,11-14,27H,15-16H2,3-4H3. The van der Waals surface area contributed by atoms with E-state index in [9.17, 15) is 14.7 Å². The molecule has 0 saturated carbocycles. The van der Waals surface area contributed by atoms with Crippen molar-refractivity contribution in [1.82, 2.24) is 0 Å². The number of esters is 2. The molecular weight excluding hydrogens is 368 g/mol. The van der Waals surface area contributed by atoms with Gasteiger partial charge in [0.15, 0.2) is 5.41 Å². The molecule has 0 aromatic heterocycles. The Morgan fingerprint density at radius 2 is 1.62 bits per heavy atom. The molecule has 0 fully saturated rings. The van der Waals surface area contributed by atoms with Crippen LogP contribution in [0.4, 0.5) is 0 Å². The first-order chi connectivity index (χ1) is 13.9. The summed E-state index contributed by atoms with van der Waals surface area (Å²) in [5.74, 6) is 8.11. The van der Waals surface area contributed by atoms with Gasteiger partial charge in [0.1, 0.15) is 0 Å².